The highest BCUT2D eigenvalue weighted by molar-refractivity contribution is 5.83. The van der Waals surface area contributed by atoms with Gasteiger partial charge in [-0.2, -0.15) is 0 Å². The summed E-state index contributed by atoms with van der Waals surface area (Å²) in [7, 11) is 0. The van der Waals surface area contributed by atoms with Crippen molar-refractivity contribution in [3.05, 3.63) is 35.9 Å². The third-order valence-corrected chi connectivity index (χ3v) is 4.31. The van der Waals surface area contributed by atoms with E-state index in [0.29, 0.717) is 12.0 Å². The summed E-state index contributed by atoms with van der Waals surface area (Å²) in [6.45, 7) is 0. The Hall–Kier alpha value is -1.31. The fourth-order valence-corrected chi connectivity index (χ4v) is 3.11. The molecule has 0 spiro atoms. The molecule has 0 heterocycles. The van der Waals surface area contributed by atoms with E-state index < -0.39 is 0 Å². The fourth-order valence-electron chi connectivity index (χ4n) is 3.11. The van der Waals surface area contributed by atoms with Crippen LogP contribution in [0.15, 0.2) is 30.3 Å². The Morgan fingerprint density at radius 1 is 1.06 bits per heavy atom. The molecule has 3 rings (SSSR count). The second-order valence-electron chi connectivity index (χ2n) is 5.70. The van der Waals surface area contributed by atoms with Crippen molar-refractivity contribution in [2.75, 3.05) is 0 Å². The van der Waals surface area contributed by atoms with Gasteiger partial charge >= 0.3 is 0 Å². The molecule has 0 aromatic heterocycles. The molecule has 18 heavy (non-hydrogen) atoms. The summed E-state index contributed by atoms with van der Waals surface area (Å²) in [5.74, 6) is 0.986. The first kappa shape index (κ1) is 11.8. The van der Waals surface area contributed by atoms with Gasteiger partial charge in [0.05, 0.1) is 0 Å². The average molecular weight is 243 g/mol. The van der Waals surface area contributed by atoms with Crippen LogP contribution in [0.25, 0.3) is 0 Å². The van der Waals surface area contributed by atoms with Crippen LogP contribution in [0.2, 0.25) is 0 Å². The Bertz CT molecular complexity index is 408. The smallest absolute Gasteiger partial charge is 0.223 e. The van der Waals surface area contributed by atoms with Crippen LogP contribution in [0.1, 0.15) is 50.0 Å². The minimum Gasteiger partial charge on any atom is -0.353 e. The molecule has 1 aromatic carbocycles. The highest BCUT2D eigenvalue weighted by Crippen LogP contribution is 2.47. The second-order valence-corrected chi connectivity index (χ2v) is 5.70. The Balaban J connectivity index is 1.53. The molecule has 0 saturated heterocycles. The van der Waals surface area contributed by atoms with Crippen molar-refractivity contribution < 1.29 is 4.79 Å². The minimum atomic E-state index is 0.231. The van der Waals surface area contributed by atoms with Crippen molar-refractivity contribution in [3.63, 3.8) is 0 Å². The summed E-state index contributed by atoms with van der Waals surface area (Å²) in [4.78, 5) is 12.1. The quantitative estimate of drug-likeness (QED) is 0.867. The number of nitrogens with one attached hydrogen (secondary N) is 1. The summed E-state index contributed by atoms with van der Waals surface area (Å²) in [5.41, 5.74) is 1.32. The molecule has 2 aliphatic carbocycles. The molecule has 2 saturated carbocycles. The maximum absolute atomic E-state index is 12.1. The van der Waals surface area contributed by atoms with Crippen LogP contribution < -0.4 is 5.32 Å². The lowest BCUT2D eigenvalue weighted by molar-refractivity contribution is -0.123. The summed E-state index contributed by atoms with van der Waals surface area (Å²) < 4.78 is 0. The number of carbonyl (C=O) groups is 1. The van der Waals surface area contributed by atoms with Gasteiger partial charge in [-0.05, 0) is 30.7 Å². The van der Waals surface area contributed by atoms with E-state index in [4.69, 9.17) is 0 Å². The van der Waals surface area contributed by atoms with Crippen molar-refractivity contribution >= 4 is 5.91 Å². The Morgan fingerprint density at radius 3 is 2.50 bits per heavy atom. The molecular weight excluding hydrogens is 222 g/mol. The van der Waals surface area contributed by atoms with Gasteiger partial charge in [-0.1, -0.05) is 49.6 Å². The van der Waals surface area contributed by atoms with Gasteiger partial charge in [0.2, 0.25) is 5.91 Å². The van der Waals surface area contributed by atoms with Crippen LogP contribution in [0, 0.1) is 5.92 Å². The van der Waals surface area contributed by atoms with Gasteiger partial charge in [0.1, 0.15) is 0 Å². The van der Waals surface area contributed by atoms with Crippen molar-refractivity contribution in [1.82, 2.24) is 5.32 Å². The van der Waals surface area contributed by atoms with Gasteiger partial charge in [0, 0.05) is 12.0 Å². The second kappa shape index (κ2) is 5.13. The summed E-state index contributed by atoms with van der Waals surface area (Å²) in [6, 6.07) is 10.9. The van der Waals surface area contributed by atoms with Crippen molar-refractivity contribution in [2.45, 2.75) is 50.5 Å². The zero-order chi connectivity index (χ0) is 12.4. The molecule has 2 aliphatic rings. The van der Waals surface area contributed by atoms with Gasteiger partial charge in [0.15, 0.2) is 0 Å². The number of hydrogen-bond donors (Lipinski definition) is 1. The molecule has 2 heteroatoms. The first-order valence-electron chi connectivity index (χ1n) is 7.20. The number of rotatable bonds is 3. The summed E-state index contributed by atoms with van der Waals surface area (Å²) in [6.07, 6.45) is 7.27. The molecule has 0 aliphatic heterocycles. The maximum atomic E-state index is 12.1. The number of benzene rings is 1. The first-order valence-corrected chi connectivity index (χ1v) is 7.20. The minimum absolute atomic E-state index is 0.231. The molecule has 96 valence electrons. The summed E-state index contributed by atoms with van der Waals surface area (Å²) in [5, 5.41) is 3.24. The lowest BCUT2D eigenvalue weighted by Gasteiger charge is -2.22. The third kappa shape index (κ3) is 2.58. The van der Waals surface area contributed by atoms with E-state index in [0.717, 1.165) is 6.42 Å². The van der Waals surface area contributed by atoms with E-state index in [9.17, 15) is 4.79 Å². The van der Waals surface area contributed by atoms with Crippen LogP contribution in [0.3, 0.4) is 0 Å². The predicted octanol–water partition coefficient (Wildman–Crippen LogP) is 3.24. The maximum Gasteiger partial charge on any atom is 0.223 e. The van der Waals surface area contributed by atoms with E-state index in [1.807, 2.05) is 6.07 Å². The number of hydrogen-bond acceptors (Lipinski definition) is 1. The van der Waals surface area contributed by atoms with Crippen LogP contribution in [0.4, 0.5) is 0 Å². The number of amides is 1. The average Bonchev–Trinajstić information content (AvgIpc) is 3.21. The van der Waals surface area contributed by atoms with Crippen molar-refractivity contribution in [1.29, 1.82) is 0 Å². The monoisotopic (exact) mass is 243 g/mol. The zero-order valence-corrected chi connectivity index (χ0v) is 10.8. The molecule has 0 radical (unpaired) electrons. The molecule has 1 aromatic rings. The number of carbonyl (C=O) groups excluding carboxylic acids is 1. The van der Waals surface area contributed by atoms with Gasteiger partial charge < -0.3 is 5.32 Å². The highest BCUT2D eigenvalue weighted by atomic mass is 16.2. The van der Waals surface area contributed by atoms with Gasteiger partial charge in [-0.25, -0.2) is 0 Å². The van der Waals surface area contributed by atoms with Gasteiger partial charge in [0.25, 0.3) is 0 Å². The van der Waals surface area contributed by atoms with Gasteiger partial charge in [-0.15, -0.1) is 0 Å². The largest absolute Gasteiger partial charge is 0.353 e. The Labute approximate surface area is 109 Å². The van der Waals surface area contributed by atoms with E-state index in [1.54, 1.807) is 0 Å². The van der Waals surface area contributed by atoms with Crippen molar-refractivity contribution in [3.8, 4) is 0 Å². The fraction of sp³-hybridized carbons (Fsp3) is 0.562. The molecule has 0 unspecified atom stereocenters. The van der Waals surface area contributed by atoms with E-state index in [-0.39, 0.29) is 11.8 Å². The first-order chi connectivity index (χ1) is 8.84. The normalized spacial score (nSPS) is 27.8. The van der Waals surface area contributed by atoms with Crippen LogP contribution in [0.5, 0.6) is 0 Å². The predicted molar refractivity (Wildman–Crippen MR) is 72.3 cm³/mol. The lowest BCUT2D eigenvalue weighted by atomic mass is 9.95. The molecule has 0 bridgehead atoms. The topological polar surface area (TPSA) is 29.1 Å². The van der Waals surface area contributed by atoms with Crippen LogP contribution >= 0.6 is 0 Å². The van der Waals surface area contributed by atoms with E-state index in [1.165, 1.54) is 37.7 Å². The molecular formula is C16H21NO. The lowest BCUT2D eigenvalue weighted by Crippen LogP contribution is -2.37. The third-order valence-electron chi connectivity index (χ3n) is 4.31. The molecule has 1 N–H and O–H groups in total. The molecule has 1 amide bonds. The highest BCUT2D eigenvalue weighted by Gasteiger charge is 2.44. The Morgan fingerprint density at radius 2 is 1.78 bits per heavy atom. The SMILES string of the molecule is O=C(NC1CCCCC1)[C@@H]1C[C@@H]1c1ccccc1. The van der Waals surface area contributed by atoms with Gasteiger partial charge in [-0.3, -0.25) is 4.79 Å². The zero-order valence-electron chi connectivity index (χ0n) is 10.8. The molecule has 2 fully saturated rings. The van der Waals surface area contributed by atoms with E-state index in [2.05, 4.69) is 29.6 Å². The standard InChI is InChI=1S/C16H21NO/c18-16(17-13-9-5-2-6-10-13)15-11-14(15)12-7-3-1-4-8-12/h1,3-4,7-8,13-15H,2,5-6,9-11H2,(H,17,18)/t14-,15-/m1/s1. The van der Waals surface area contributed by atoms with Crippen LogP contribution in [-0.4, -0.2) is 11.9 Å². The molecule has 2 atom stereocenters. The summed E-state index contributed by atoms with van der Waals surface area (Å²) >= 11 is 0. The van der Waals surface area contributed by atoms with Crippen molar-refractivity contribution in [2.24, 2.45) is 5.92 Å². The van der Waals surface area contributed by atoms with E-state index >= 15 is 0 Å². The van der Waals surface area contributed by atoms with Crippen LogP contribution in [-0.2, 0) is 4.79 Å². The molecule has 2 nitrogen and oxygen atoms in total. The Kier molecular flexibility index (Phi) is 3.35.